The Morgan fingerprint density at radius 2 is 1.96 bits per heavy atom. The number of hydrogen-bond donors (Lipinski definition) is 1. The largest absolute Gasteiger partial charge is 0.375 e. The van der Waals surface area contributed by atoms with Gasteiger partial charge in [0.1, 0.15) is 17.8 Å². The van der Waals surface area contributed by atoms with E-state index in [1.165, 1.54) is 12.1 Å². The van der Waals surface area contributed by atoms with Gasteiger partial charge in [0.25, 0.3) is 11.4 Å². The zero-order valence-electron chi connectivity index (χ0n) is 12.8. The molecule has 2 heterocycles. The van der Waals surface area contributed by atoms with Crippen molar-refractivity contribution >= 4 is 17.1 Å². The number of hydrogen-bond acceptors (Lipinski definition) is 7. The molecule has 2 aromatic heterocycles. The van der Waals surface area contributed by atoms with Crippen LogP contribution in [0.5, 0.6) is 0 Å². The van der Waals surface area contributed by atoms with Crippen molar-refractivity contribution in [3.8, 4) is 5.82 Å². The summed E-state index contributed by atoms with van der Waals surface area (Å²) in [6, 6.07) is 7.09. The molecule has 126 valence electrons. The maximum atomic E-state index is 11.1. The van der Waals surface area contributed by atoms with Gasteiger partial charge < -0.3 is 5.32 Å². The van der Waals surface area contributed by atoms with Crippen LogP contribution in [0, 0.1) is 20.2 Å². The number of non-ortho nitro benzene ring substituents is 1. The maximum absolute atomic E-state index is 11.1. The molecule has 10 nitrogen and oxygen atoms in total. The molecule has 1 N–H and O–H groups in total. The fourth-order valence-electron chi connectivity index (χ4n) is 2.20. The Hall–Kier alpha value is -3.82. The third-order valence-electron chi connectivity index (χ3n) is 3.45. The highest BCUT2D eigenvalue weighted by Gasteiger charge is 2.19. The van der Waals surface area contributed by atoms with E-state index in [0.717, 1.165) is 11.6 Å². The standard InChI is InChI=1S/C15H12N6O4/c22-20(23)12-2-3-13(14(7-12)21(24)25)17-8-11-1-4-15(18-9-11)19-6-5-16-10-19/h1-7,9-10,17H,8H2. The van der Waals surface area contributed by atoms with Gasteiger partial charge in [-0.25, -0.2) is 9.97 Å². The van der Waals surface area contributed by atoms with E-state index in [9.17, 15) is 20.2 Å². The summed E-state index contributed by atoms with van der Waals surface area (Å²) in [5.74, 6) is 0.697. The number of nitrogens with one attached hydrogen (secondary N) is 1. The van der Waals surface area contributed by atoms with Crippen LogP contribution in [0.1, 0.15) is 5.56 Å². The molecule has 0 unspecified atom stereocenters. The number of pyridine rings is 1. The highest BCUT2D eigenvalue weighted by Crippen LogP contribution is 2.29. The summed E-state index contributed by atoms with van der Waals surface area (Å²) >= 11 is 0. The second-order valence-corrected chi connectivity index (χ2v) is 5.06. The lowest BCUT2D eigenvalue weighted by atomic mass is 10.2. The molecular formula is C15H12N6O4. The predicted octanol–water partition coefficient (Wildman–Crippen LogP) is 2.70. The highest BCUT2D eigenvalue weighted by atomic mass is 16.6. The number of benzene rings is 1. The zero-order valence-corrected chi connectivity index (χ0v) is 12.8. The molecule has 3 rings (SSSR count). The normalized spacial score (nSPS) is 10.4. The third kappa shape index (κ3) is 3.58. The number of aromatic nitrogens is 3. The second-order valence-electron chi connectivity index (χ2n) is 5.06. The van der Waals surface area contributed by atoms with E-state index in [1.54, 1.807) is 35.6 Å². The Kier molecular flexibility index (Phi) is 4.33. The second kappa shape index (κ2) is 6.74. The van der Waals surface area contributed by atoms with E-state index in [4.69, 9.17) is 0 Å². The molecule has 0 aliphatic heterocycles. The fraction of sp³-hybridized carbons (Fsp3) is 0.0667. The van der Waals surface area contributed by atoms with Crippen LogP contribution in [0.25, 0.3) is 5.82 Å². The zero-order chi connectivity index (χ0) is 17.8. The van der Waals surface area contributed by atoms with Crippen LogP contribution in [0.2, 0.25) is 0 Å². The lowest BCUT2D eigenvalue weighted by Gasteiger charge is -2.08. The van der Waals surface area contributed by atoms with Crippen molar-refractivity contribution in [2.45, 2.75) is 6.54 Å². The molecule has 25 heavy (non-hydrogen) atoms. The minimum absolute atomic E-state index is 0.203. The van der Waals surface area contributed by atoms with E-state index in [2.05, 4.69) is 15.3 Å². The van der Waals surface area contributed by atoms with E-state index in [-0.39, 0.29) is 23.6 Å². The molecule has 0 saturated heterocycles. The lowest BCUT2D eigenvalue weighted by molar-refractivity contribution is -0.393. The van der Waals surface area contributed by atoms with Crippen LogP contribution >= 0.6 is 0 Å². The molecule has 3 aromatic rings. The first kappa shape index (κ1) is 16.1. The van der Waals surface area contributed by atoms with Gasteiger partial charge in [-0.2, -0.15) is 0 Å². The Bertz CT molecular complexity index is 908. The molecule has 0 aliphatic carbocycles. The van der Waals surface area contributed by atoms with E-state index in [0.29, 0.717) is 5.82 Å². The fourth-order valence-corrected chi connectivity index (χ4v) is 2.20. The summed E-state index contributed by atoms with van der Waals surface area (Å²) < 4.78 is 1.75. The molecule has 1 aromatic carbocycles. The topological polar surface area (TPSA) is 129 Å². The van der Waals surface area contributed by atoms with Crippen LogP contribution in [-0.4, -0.2) is 24.4 Å². The summed E-state index contributed by atoms with van der Waals surface area (Å²) in [5, 5.41) is 24.8. The first-order valence-electron chi connectivity index (χ1n) is 7.14. The Labute approximate surface area is 141 Å². The summed E-state index contributed by atoms with van der Waals surface area (Å²) in [6.07, 6.45) is 6.67. The minimum atomic E-state index is -0.671. The number of nitro benzene ring substituents is 2. The first-order chi connectivity index (χ1) is 12.0. The van der Waals surface area contributed by atoms with Crippen molar-refractivity contribution in [2.24, 2.45) is 0 Å². The Balaban J connectivity index is 1.75. The monoisotopic (exact) mass is 340 g/mol. The van der Waals surface area contributed by atoms with Crippen LogP contribution < -0.4 is 5.32 Å². The summed E-state index contributed by atoms with van der Waals surface area (Å²) in [5.41, 5.74) is 0.326. The van der Waals surface area contributed by atoms with Gasteiger partial charge in [-0.3, -0.25) is 24.8 Å². The van der Waals surface area contributed by atoms with Gasteiger partial charge in [-0.05, 0) is 17.7 Å². The number of nitrogens with zero attached hydrogens (tertiary/aromatic N) is 5. The van der Waals surface area contributed by atoms with Crippen LogP contribution in [0.4, 0.5) is 17.1 Å². The number of rotatable bonds is 6. The van der Waals surface area contributed by atoms with Gasteiger partial charge in [-0.15, -0.1) is 0 Å². The van der Waals surface area contributed by atoms with Crippen molar-refractivity contribution in [3.63, 3.8) is 0 Å². The smallest absolute Gasteiger partial charge is 0.299 e. The van der Waals surface area contributed by atoms with Gasteiger partial charge in [0.05, 0.1) is 15.9 Å². The molecule has 10 heteroatoms. The van der Waals surface area contributed by atoms with Gasteiger partial charge in [0.2, 0.25) is 0 Å². The van der Waals surface area contributed by atoms with Gasteiger partial charge in [-0.1, -0.05) is 6.07 Å². The predicted molar refractivity (Wildman–Crippen MR) is 88.4 cm³/mol. The van der Waals surface area contributed by atoms with Crippen molar-refractivity contribution in [3.05, 3.63) is 81.0 Å². The van der Waals surface area contributed by atoms with Crippen LogP contribution in [-0.2, 0) is 6.54 Å². The van der Waals surface area contributed by atoms with Crippen molar-refractivity contribution in [1.29, 1.82) is 0 Å². The molecule has 0 amide bonds. The number of nitro groups is 2. The molecule has 0 bridgehead atoms. The molecule has 0 spiro atoms. The van der Waals surface area contributed by atoms with Gasteiger partial charge in [0.15, 0.2) is 0 Å². The molecule has 0 atom stereocenters. The average Bonchev–Trinajstić information content (AvgIpc) is 3.14. The van der Waals surface area contributed by atoms with Crippen molar-refractivity contribution < 1.29 is 9.85 Å². The molecule has 0 fully saturated rings. The summed E-state index contributed by atoms with van der Waals surface area (Å²) in [4.78, 5) is 28.8. The quantitative estimate of drug-likeness (QED) is 0.539. The van der Waals surface area contributed by atoms with E-state index in [1.807, 2.05) is 6.07 Å². The lowest BCUT2D eigenvalue weighted by Crippen LogP contribution is -2.04. The third-order valence-corrected chi connectivity index (χ3v) is 3.45. The van der Waals surface area contributed by atoms with Crippen LogP contribution in [0.3, 0.4) is 0 Å². The molecule has 0 saturated carbocycles. The Morgan fingerprint density at radius 1 is 1.12 bits per heavy atom. The maximum Gasteiger partial charge on any atom is 0.299 e. The molecule has 0 aliphatic rings. The molecular weight excluding hydrogens is 328 g/mol. The minimum Gasteiger partial charge on any atom is -0.375 e. The summed E-state index contributed by atoms with van der Waals surface area (Å²) in [6.45, 7) is 0.288. The average molecular weight is 340 g/mol. The van der Waals surface area contributed by atoms with Crippen molar-refractivity contribution in [2.75, 3.05) is 5.32 Å². The first-order valence-corrected chi connectivity index (χ1v) is 7.14. The SMILES string of the molecule is O=[N+]([O-])c1ccc(NCc2ccc(-n3ccnc3)nc2)c([N+](=O)[O-])c1. The number of anilines is 1. The Morgan fingerprint density at radius 3 is 2.56 bits per heavy atom. The van der Waals surface area contributed by atoms with E-state index < -0.39 is 9.85 Å². The summed E-state index contributed by atoms with van der Waals surface area (Å²) in [7, 11) is 0. The van der Waals surface area contributed by atoms with Crippen molar-refractivity contribution in [1.82, 2.24) is 14.5 Å². The van der Waals surface area contributed by atoms with Gasteiger partial charge in [0, 0.05) is 31.2 Å². The number of imidazole rings is 1. The van der Waals surface area contributed by atoms with E-state index >= 15 is 0 Å². The van der Waals surface area contributed by atoms with Crippen LogP contribution in [0.15, 0.2) is 55.2 Å². The van der Waals surface area contributed by atoms with Gasteiger partial charge >= 0.3 is 0 Å². The highest BCUT2D eigenvalue weighted by molar-refractivity contribution is 5.65. The molecule has 0 radical (unpaired) electrons.